The number of nitrogens with zero attached hydrogens (tertiary/aromatic N) is 1. The molecule has 3 amide bonds. The number of carbonyl (C=O) groups is 4. The van der Waals surface area contributed by atoms with Gasteiger partial charge < -0.3 is 25.0 Å². The molecule has 1 aromatic rings. The summed E-state index contributed by atoms with van der Waals surface area (Å²) in [7, 11) is 0. The van der Waals surface area contributed by atoms with Crippen LogP contribution in [0.5, 0.6) is 0 Å². The third-order valence-corrected chi connectivity index (χ3v) is 6.40. The number of hydrogen-bond acceptors (Lipinski definition) is 7. The molecular weight excluding hydrogens is 494 g/mol. The monoisotopic (exact) mass is 535 g/mol. The quantitative estimate of drug-likeness (QED) is 0.295. The van der Waals surface area contributed by atoms with Gasteiger partial charge in [0.1, 0.15) is 17.7 Å². The molecule has 1 aliphatic rings. The van der Waals surface area contributed by atoms with E-state index in [1.165, 1.54) is 0 Å². The highest BCUT2D eigenvalue weighted by molar-refractivity contribution is 7.80. The van der Waals surface area contributed by atoms with Crippen LogP contribution in [0, 0.1) is 19.8 Å². The first-order chi connectivity index (χ1) is 17.3. The number of benzene rings is 1. The predicted octanol–water partition coefficient (Wildman–Crippen LogP) is 3.47. The smallest absolute Gasteiger partial charge is 0.408 e. The lowest BCUT2D eigenvalue weighted by Crippen LogP contribution is -2.55. The molecule has 1 aromatic carbocycles. The summed E-state index contributed by atoms with van der Waals surface area (Å²) in [5, 5.41) is 5.43. The minimum Gasteiger partial charge on any atom is -0.466 e. The minimum atomic E-state index is -0.994. The Bertz CT molecular complexity index is 993. The van der Waals surface area contributed by atoms with Crippen molar-refractivity contribution in [1.82, 2.24) is 15.5 Å². The summed E-state index contributed by atoms with van der Waals surface area (Å²) in [6.45, 7) is 13.1. The molecule has 0 bridgehead atoms. The van der Waals surface area contributed by atoms with Gasteiger partial charge in [-0.05, 0) is 65.0 Å². The molecule has 0 heterocycles. The summed E-state index contributed by atoms with van der Waals surface area (Å²) in [4.78, 5) is 53.4. The summed E-state index contributed by atoms with van der Waals surface area (Å²) >= 11 is 4.32. The highest BCUT2D eigenvalue weighted by Gasteiger charge is 2.48. The Morgan fingerprint density at radius 3 is 2.35 bits per heavy atom. The van der Waals surface area contributed by atoms with E-state index in [0.717, 1.165) is 17.5 Å². The van der Waals surface area contributed by atoms with Crippen molar-refractivity contribution in [2.45, 2.75) is 85.0 Å². The Morgan fingerprint density at radius 2 is 1.84 bits per heavy atom. The van der Waals surface area contributed by atoms with Gasteiger partial charge in [0.15, 0.2) is 0 Å². The lowest BCUT2D eigenvalue weighted by molar-refractivity contribution is -0.144. The van der Waals surface area contributed by atoms with Crippen molar-refractivity contribution in [3.63, 3.8) is 0 Å². The molecule has 0 aliphatic heterocycles. The van der Waals surface area contributed by atoms with Crippen molar-refractivity contribution in [2.24, 2.45) is 5.92 Å². The number of alkyl carbamates (subject to hydrolysis) is 1. The van der Waals surface area contributed by atoms with Crippen LogP contribution in [-0.4, -0.2) is 65.4 Å². The molecule has 0 aromatic heterocycles. The second-order valence-electron chi connectivity index (χ2n) is 10.5. The molecule has 1 aliphatic carbocycles. The molecule has 1 saturated carbocycles. The van der Waals surface area contributed by atoms with E-state index in [1.807, 2.05) is 39.0 Å². The molecule has 206 valence electrons. The maximum Gasteiger partial charge on any atom is 0.408 e. The first-order valence-electron chi connectivity index (χ1n) is 12.7. The average molecular weight is 536 g/mol. The Labute approximate surface area is 225 Å². The van der Waals surface area contributed by atoms with Crippen LogP contribution in [0.25, 0.3) is 0 Å². The van der Waals surface area contributed by atoms with Crippen LogP contribution < -0.4 is 10.6 Å². The first-order valence-corrected chi connectivity index (χ1v) is 13.3. The van der Waals surface area contributed by atoms with Crippen molar-refractivity contribution in [3.8, 4) is 0 Å². The number of esters is 1. The highest BCUT2D eigenvalue weighted by Crippen LogP contribution is 2.41. The predicted molar refractivity (Wildman–Crippen MR) is 144 cm³/mol. The van der Waals surface area contributed by atoms with E-state index in [4.69, 9.17) is 9.47 Å². The van der Waals surface area contributed by atoms with Gasteiger partial charge >= 0.3 is 12.1 Å². The average Bonchev–Trinajstić information content (AvgIpc) is 3.50. The van der Waals surface area contributed by atoms with Crippen LogP contribution in [-0.2, 0) is 23.9 Å². The fourth-order valence-corrected chi connectivity index (χ4v) is 4.40. The number of amides is 3. The maximum atomic E-state index is 13.9. The third-order valence-electron chi connectivity index (χ3n) is 6.03. The largest absolute Gasteiger partial charge is 0.466 e. The summed E-state index contributed by atoms with van der Waals surface area (Å²) in [6.07, 6.45) is 0.0205. The van der Waals surface area contributed by atoms with Crippen LogP contribution in [0.1, 0.15) is 70.2 Å². The number of hydrogen-bond donors (Lipinski definition) is 3. The number of nitrogens with one attached hydrogen (secondary N) is 2. The van der Waals surface area contributed by atoms with Crippen molar-refractivity contribution >= 4 is 36.5 Å². The molecule has 9 nitrogen and oxygen atoms in total. The zero-order chi connectivity index (χ0) is 27.9. The summed E-state index contributed by atoms with van der Waals surface area (Å²) in [5.74, 6) is -1.02. The zero-order valence-corrected chi connectivity index (χ0v) is 23.8. The molecule has 4 atom stereocenters. The van der Waals surface area contributed by atoms with E-state index < -0.39 is 41.6 Å². The maximum absolute atomic E-state index is 13.9. The fourth-order valence-electron chi connectivity index (χ4n) is 4.15. The molecule has 37 heavy (non-hydrogen) atoms. The molecule has 0 saturated heterocycles. The van der Waals surface area contributed by atoms with Crippen LogP contribution in [0.3, 0.4) is 0 Å². The number of carbonyl (C=O) groups excluding carboxylic acids is 4. The van der Waals surface area contributed by atoms with Gasteiger partial charge in [0.05, 0.1) is 13.0 Å². The lowest BCUT2D eigenvalue weighted by Gasteiger charge is -2.35. The molecule has 2 rings (SSSR count). The highest BCUT2D eigenvalue weighted by atomic mass is 32.1. The number of thiol groups is 1. The number of rotatable bonds is 11. The standard InChI is InChI=1S/C27H41N3O6S/c1-8-35-22(31)11-12-28-24(32)23(19-10-9-16(2)13-17(19)3)30(21-14-18(21)4)25(33)20(15-37)29-26(34)36-27(5,6)7/h9-10,13,18,20-21,23,37H,8,11-12,14-15H2,1-7H3,(H,28,32)(H,29,34). The first kappa shape index (κ1) is 30.5. The minimum absolute atomic E-state index is 0.0203. The Morgan fingerprint density at radius 1 is 1.19 bits per heavy atom. The molecule has 1 fully saturated rings. The number of ether oxygens (including phenoxy) is 2. The van der Waals surface area contributed by atoms with Crippen molar-refractivity contribution < 1.29 is 28.7 Å². The molecule has 0 spiro atoms. The van der Waals surface area contributed by atoms with Crippen LogP contribution in [0.2, 0.25) is 0 Å². The van der Waals surface area contributed by atoms with E-state index in [1.54, 1.807) is 32.6 Å². The van der Waals surface area contributed by atoms with Crippen LogP contribution in [0.4, 0.5) is 4.79 Å². The Balaban J connectivity index is 2.40. The zero-order valence-electron chi connectivity index (χ0n) is 22.9. The topological polar surface area (TPSA) is 114 Å². The summed E-state index contributed by atoms with van der Waals surface area (Å²) < 4.78 is 10.3. The van der Waals surface area contributed by atoms with Crippen LogP contribution >= 0.6 is 12.6 Å². The van der Waals surface area contributed by atoms with E-state index in [2.05, 4.69) is 23.3 Å². The SMILES string of the molecule is CCOC(=O)CCNC(=O)C(c1ccc(C)cc1C)N(C(=O)C(CS)NC(=O)OC(C)(C)C)C1CC1C. The summed E-state index contributed by atoms with van der Waals surface area (Å²) in [5.41, 5.74) is 1.83. The van der Waals surface area contributed by atoms with Gasteiger partial charge in [-0.25, -0.2) is 4.79 Å². The van der Waals surface area contributed by atoms with Crippen molar-refractivity contribution in [2.75, 3.05) is 18.9 Å². The van der Waals surface area contributed by atoms with Gasteiger partial charge in [0, 0.05) is 18.3 Å². The van der Waals surface area contributed by atoms with Gasteiger partial charge in [0.2, 0.25) is 11.8 Å². The van der Waals surface area contributed by atoms with E-state index in [9.17, 15) is 19.2 Å². The summed E-state index contributed by atoms with van der Waals surface area (Å²) in [6, 6.07) is 3.58. The normalized spacial score (nSPS) is 18.3. The fraction of sp³-hybridized carbons (Fsp3) is 0.630. The van der Waals surface area contributed by atoms with Gasteiger partial charge in [-0.2, -0.15) is 12.6 Å². The van der Waals surface area contributed by atoms with E-state index >= 15 is 0 Å². The van der Waals surface area contributed by atoms with Crippen molar-refractivity contribution in [1.29, 1.82) is 0 Å². The molecular formula is C27H41N3O6S. The number of aryl methyl sites for hydroxylation is 2. The molecule has 4 unspecified atom stereocenters. The van der Waals surface area contributed by atoms with Gasteiger partial charge in [-0.1, -0.05) is 30.7 Å². The molecule has 2 N–H and O–H groups in total. The molecule has 0 radical (unpaired) electrons. The second-order valence-corrected chi connectivity index (χ2v) is 10.9. The van der Waals surface area contributed by atoms with Crippen LogP contribution in [0.15, 0.2) is 18.2 Å². The molecule has 10 heteroatoms. The lowest BCUT2D eigenvalue weighted by atomic mass is 9.96. The Kier molecular flexibility index (Phi) is 10.8. The van der Waals surface area contributed by atoms with Gasteiger partial charge in [-0.15, -0.1) is 0 Å². The third kappa shape index (κ3) is 8.94. The van der Waals surface area contributed by atoms with Gasteiger partial charge in [-0.3, -0.25) is 14.4 Å². The second kappa shape index (κ2) is 13.2. The Hall–Kier alpha value is -2.75. The van der Waals surface area contributed by atoms with E-state index in [0.29, 0.717) is 5.56 Å². The van der Waals surface area contributed by atoms with Crippen molar-refractivity contribution in [3.05, 3.63) is 34.9 Å². The van der Waals surface area contributed by atoms with Gasteiger partial charge in [0.25, 0.3) is 0 Å². The van der Waals surface area contributed by atoms with E-state index in [-0.39, 0.29) is 37.3 Å².